The van der Waals surface area contributed by atoms with Crippen molar-refractivity contribution in [3.63, 3.8) is 0 Å². The lowest BCUT2D eigenvalue weighted by molar-refractivity contribution is -0.145. The number of carbonyl (C=O) groups excluding carboxylic acids is 1. The molecule has 1 N–H and O–H groups in total. The van der Waals surface area contributed by atoms with Gasteiger partial charge in [-0.2, -0.15) is 0 Å². The fourth-order valence-electron chi connectivity index (χ4n) is 1.22. The molecule has 2 saturated heterocycles. The van der Waals surface area contributed by atoms with Crippen LogP contribution >= 0.6 is 0 Å². The van der Waals surface area contributed by atoms with Crippen molar-refractivity contribution < 1.29 is 9.53 Å². The largest absolute Gasteiger partial charge is 0.460 e. The molecule has 2 heterocycles. The fraction of sp³-hybridized carbons (Fsp3) is 0.800. The van der Waals surface area contributed by atoms with Gasteiger partial charge in [0.05, 0.1) is 0 Å². The third-order valence-corrected chi connectivity index (χ3v) is 1.66. The summed E-state index contributed by atoms with van der Waals surface area (Å²) in [6.45, 7) is 0.858. The maximum Gasteiger partial charge on any atom is 0.323 e. The van der Waals surface area contributed by atoms with E-state index in [0.717, 1.165) is 13.0 Å². The smallest absolute Gasteiger partial charge is 0.323 e. The van der Waals surface area contributed by atoms with Gasteiger partial charge >= 0.3 is 5.97 Å². The van der Waals surface area contributed by atoms with Crippen LogP contribution in [-0.2, 0) is 9.53 Å². The minimum Gasteiger partial charge on any atom is -0.460 e. The Morgan fingerprint density at radius 1 is 1.75 bits per heavy atom. The third-order valence-electron chi connectivity index (χ3n) is 1.66. The Morgan fingerprint density at radius 2 is 2.62 bits per heavy atom. The second kappa shape index (κ2) is 1.23. The van der Waals surface area contributed by atoms with E-state index in [1.165, 1.54) is 0 Å². The number of ether oxygens (including phenoxy) is 1. The third kappa shape index (κ3) is 0.395. The Labute approximate surface area is 47.0 Å². The zero-order chi connectivity index (χ0) is 5.56. The predicted molar refractivity (Wildman–Crippen MR) is 26.3 cm³/mol. The first-order valence-electron chi connectivity index (χ1n) is 2.80. The van der Waals surface area contributed by atoms with Crippen LogP contribution in [0.3, 0.4) is 0 Å². The monoisotopic (exact) mass is 113 g/mol. The summed E-state index contributed by atoms with van der Waals surface area (Å²) >= 11 is 0. The van der Waals surface area contributed by atoms with E-state index in [0.29, 0.717) is 0 Å². The maximum atomic E-state index is 10.6. The lowest BCUT2D eigenvalue weighted by atomic mass is 10.2. The molecule has 0 saturated carbocycles. The number of hydrogen-bond acceptors (Lipinski definition) is 3. The van der Waals surface area contributed by atoms with Crippen molar-refractivity contribution in [2.75, 3.05) is 6.54 Å². The minimum absolute atomic E-state index is 0.0278. The summed E-state index contributed by atoms with van der Waals surface area (Å²) in [6.07, 6.45) is 1.08. The van der Waals surface area contributed by atoms with Crippen LogP contribution in [0.5, 0.6) is 0 Å². The van der Waals surface area contributed by atoms with Gasteiger partial charge in [-0.25, -0.2) is 0 Å². The van der Waals surface area contributed by atoms with Crippen molar-refractivity contribution in [3.05, 3.63) is 0 Å². The molecular weight excluding hydrogens is 106 g/mol. The molecule has 0 aliphatic carbocycles. The molecule has 3 nitrogen and oxygen atoms in total. The average molecular weight is 113 g/mol. The molecule has 0 radical (unpaired) electrons. The van der Waals surface area contributed by atoms with Crippen molar-refractivity contribution in [2.24, 2.45) is 0 Å². The van der Waals surface area contributed by atoms with E-state index in [1.807, 2.05) is 0 Å². The predicted octanol–water partition coefficient (Wildman–Crippen LogP) is -0.726. The molecule has 0 amide bonds. The van der Waals surface area contributed by atoms with Gasteiger partial charge in [0.15, 0.2) is 0 Å². The zero-order valence-corrected chi connectivity index (χ0v) is 4.39. The van der Waals surface area contributed by atoms with Crippen molar-refractivity contribution in [1.82, 2.24) is 5.32 Å². The number of carbonyl (C=O) groups is 1. The van der Waals surface area contributed by atoms with E-state index < -0.39 is 0 Å². The summed E-state index contributed by atoms with van der Waals surface area (Å²) in [6, 6.07) is 0.0278. The molecule has 0 aromatic rings. The summed E-state index contributed by atoms with van der Waals surface area (Å²) in [4.78, 5) is 10.6. The summed E-state index contributed by atoms with van der Waals surface area (Å²) in [7, 11) is 0. The molecule has 2 rings (SSSR count). The van der Waals surface area contributed by atoms with Crippen LogP contribution in [0.25, 0.3) is 0 Å². The summed E-state index contributed by atoms with van der Waals surface area (Å²) < 4.78 is 4.86. The first-order valence-corrected chi connectivity index (χ1v) is 2.80. The van der Waals surface area contributed by atoms with Crippen molar-refractivity contribution in [1.29, 1.82) is 0 Å². The van der Waals surface area contributed by atoms with Gasteiger partial charge in [-0.05, 0) is 0 Å². The van der Waals surface area contributed by atoms with Crippen LogP contribution in [0.15, 0.2) is 0 Å². The first kappa shape index (κ1) is 4.32. The zero-order valence-electron chi connectivity index (χ0n) is 4.39. The Kier molecular flexibility index (Phi) is 0.663. The Hall–Kier alpha value is -0.570. The number of morpholine rings is 1. The molecule has 2 unspecified atom stereocenters. The highest BCUT2D eigenvalue weighted by atomic mass is 16.6. The number of esters is 1. The molecule has 8 heavy (non-hydrogen) atoms. The molecule has 0 spiro atoms. The molecule has 44 valence electrons. The van der Waals surface area contributed by atoms with E-state index in [1.54, 1.807) is 0 Å². The number of fused-ring (bicyclic) bond motifs is 2. The molecule has 0 aromatic carbocycles. The highest BCUT2D eigenvalue weighted by Crippen LogP contribution is 2.19. The standard InChI is InChI=1S/C5H7NO2/c7-5-4-1-3(8-5)2-6-4/h3-4,6H,1-2H2. The van der Waals surface area contributed by atoms with E-state index in [4.69, 9.17) is 4.74 Å². The molecular formula is C5H7NO2. The van der Waals surface area contributed by atoms with Gasteiger partial charge in [0.1, 0.15) is 12.1 Å². The lowest BCUT2D eigenvalue weighted by Crippen LogP contribution is -2.35. The number of hydrogen-bond donors (Lipinski definition) is 1. The van der Waals surface area contributed by atoms with Crippen LogP contribution in [0.4, 0.5) is 0 Å². The Morgan fingerprint density at radius 3 is 2.88 bits per heavy atom. The summed E-state index contributed by atoms with van der Waals surface area (Å²) in [5.41, 5.74) is 0. The second-order valence-corrected chi connectivity index (χ2v) is 2.26. The van der Waals surface area contributed by atoms with Gasteiger partial charge in [-0.1, -0.05) is 0 Å². The minimum atomic E-state index is -0.0683. The highest BCUT2D eigenvalue weighted by Gasteiger charge is 2.39. The van der Waals surface area contributed by atoms with Crippen molar-refractivity contribution in [3.8, 4) is 0 Å². The molecule has 2 fully saturated rings. The Balaban J connectivity index is 2.22. The van der Waals surface area contributed by atoms with Gasteiger partial charge in [0.2, 0.25) is 0 Å². The van der Waals surface area contributed by atoms with E-state index in [2.05, 4.69) is 5.32 Å². The first-order chi connectivity index (χ1) is 3.86. The molecule has 2 atom stereocenters. The van der Waals surface area contributed by atoms with Gasteiger partial charge in [-0.15, -0.1) is 0 Å². The van der Waals surface area contributed by atoms with Crippen LogP contribution < -0.4 is 5.32 Å². The maximum absolute atomic E-state index is 10.6. The quantitative estimate of drug-likeness (QED) is 0.421. The topological polar surface area (TPSA) is 38.3 Å². The molecule has 3 heteroatoms. The van der Waals surface area contributed by atoms with Crippen LogP contribution in [-0.4, -0.2) is 24.7 Å². The van der Waals surface area contributed by atoms with Gasteiger partial charge in [-0.3, -0.25) is 4.79 Å². The number of nitrogens with one attached hydrogen (secondary N) is 1. The molecule has 2 aliphatic rings. The average Bonchev–Trinajstić information content (AvgIpc) is 2.23. The van der Waals surface area contributed by atoms with Crippen LogP contribution in [0, 0.1) is 0 Å². The van der Waals surface area contributed by atoms with E-state index >= 15 is 0 Å². The Bertz CT molecular complexity index is 134. The normalized spacial score (nSPS) is 42.8. The molecule has 2 bridgehead atoms. The number of rotatable bonds is 0. The van der Waals surface area contributed by atoms with Crippen molar-refractivity contribution in [2.45, 2.75) is 18.6 Å². The second-order valence-electron chi connectivity index (χ2n) is 2.26. The molecule has 2 aliphatic heterocycles. The van der Waals surface area contributed by atoms with Crippen LogP contribution in [0.1, 0.15) is 6.42 Å². The summed E-state index contributed by atoms with van der Waals surface area (Å²) in [5, 5.41) is 3.03. The van der Waals surface area contributed by atoms with Crippen molar-refractivity contribution >= 4 is 5.97 Å². The van der Waals surface area contributed by atoms with E-state index in [-0.39, 0.29) is 18.1 Å². The lowest BCUT2D eigenvalue weighted by Gasteiger charge is -2.09. The van der Waals surface area contributed by atoms with E-state index in [9.17, 15) is 4.79 Å². The van der Waals surface area contributed by atoms with Gasteiger partial charge in [0.25, 0.3) is 0 Å². The van der Waals surface area contributed by atoms with Gasteiger partial charge in [0, 0.05) is 13.0 Å². The van der Waals surface area contributed by atoms with Crippen LogP contribution in [0.2, 0.25) is 0 Å². The summed E-state index contributed by atoms with van der Waals surface area (Å²) in [5.74, 6) is -0.0683. The highest BCUT2D eigenvalue weighted by molar-refractivity contribution is 5.79. The SMILES string of the molecule is O=C1OC2CNC1C2. The molecule has 0 aromatic heterocycles. The fourth-order valence-corrected chi connectivity index (χ4v) is 1.22. The van der Waals surface area contributed by atoms with Gasteiger partial charge < -0.3 is 10.1 Å².